The van der Waals surface area contributed by atoms with Crippen LogP contribution in [0.1, 0.15) is 28.5 Å². The Hall–Kier alpha value is -2.27. The van der Waals surface area contributed by atoms with Crippen molar-refractivity contribution in [3.63, 3.8) is 0 Å². The molecule has 2 rings (SSSR count). The predicted octanol–water partition coefficient (Wildman–Crippen LogP) is 3.27. The van der Waals surface area contributed by atoms with E-state index in [1.807, 2.05) is 30.3 Å². The molecule has 0 radical (unpaired) electrons. The molecule has 1 aromatic heterocycles. The maximum absolute atomic E-state index is 11.9. The highest BCUT2D eigenvalue weighted by Crippen LogP contribution is 2.20. The van der Waals surface area contributed by atoms with Crippen molar-refractivity contribution >= 4 is 5.78 Å². The number of hydrogen-bond donors (Lipinski definition) is 0. The number of rotatable bonds is 4. The van der Waals surface area contributed by atoms with Gasteiger partial charge in [-0.15, -0.1) is 6.42 Å². The van der Waals surface area contributed by atoms with Crippen molar-refractivity contribution in [2.24, 2.45) is 0 Å². The zero-order chi connectivity index (χ0) is 12.1. The minimum atomic E-state index is -0.200. The van der Waals surface area contributed by atoms with Crippen LogP contribution in [0, 0.1) is 12.3 Å². The number of carbonyl (C=O) groups is 1. The van der Waals surface area contributed by atoms with Gasteiger partial charge in [-0.1, -0.05) is 36.3 Å². The maximum Gasteiger partial charge on any atom is 0.199 e. The summed E-state index contributed by atoms with van der Waals surface area (Å²) in [5.74, 6) is 2.74. The van der Waals surface area contributed by atoms with E-state index in [0.29, 0.717) is 5.76 Å². The zero-order valence-electron chi connectivity index (χ0n) is 9.30. The summed E-state index contributed by atoms with van der Waals surface area (Å²) in [4.78, 5) is 11.9. The average Bonchev–Trinajstić information content (AvgIpc) is 2.90. The molecule has 1 unspecified atom stereocenters. The van der Waals surface area contributed by atoms with Crippen LogP contribution in [0.2, 0.25) is 0 Å². The molecular formula is C15H12O2. The van der Waals surface area contributed by atoms with E-state index in [1.165, 1.54) is 6.26 Å². The van der Waals surface area contributed by atoms with Crippen LogP contribution in [-0.4, -0.2) is 5.78 Å². The van der Waals surface area contributed by atoms with Gasteiger partial charge in [-0.05, 0) is 17.7 Å². The van der Waals surface area contributed by atoms with Gasteiger partial charge < -0.3 is 4.42 Å². The van der Waals surface area contributed by atoms with Gasteiger partial charge in [0.15, 0.2) is 11.5 Å². The quantitative estimate of drug-likeness (QED) is 0.589. The fraction of sp³-hybridized carbons (Fsp3) is 0.133. The molecule has 2 aromatic rings. The molecule has 1 heterocycles. The van der Waals surface area contributed by atoms with Gasteiger partial charge >= 0.3 is 0 Å². The third-order valence-electron chi connectivity index (χ3n) is 2.59. The Morgan fingerprint density at radius 3 is 2.59 bits per heavy atom. The van der Waals surface area contributed by atoms with Crippen LogP contribution in [0.5, 0.6) is 0 Å². The molecule has 2 nitrogen and oxygen atoms in total. The van der Waals surface area contributed by atoms with Crippen LogP contribution in [-0.2, 0) is 0 Å². The molecule has 0 N–H and O–H groups in total. The largest absolute Gasteiger partial charge is 0.461 e. The lowest BCUT2D eigenvalue weighted by Gasteiger charge is -2.08. The van der Waals surface area contributed by atoms with Crippen molar-refractivity contribution in [1.29, 1.82) is 0 Å². The smallest absolute Gasteiger partial charge is 0.199 e. The minimum Gasteiger partial charge on any atom is -0.461 e. The summed E-state index contributed by atoms with van der Waals surface area (Å²) in [6, 6.07) is 13.0. The molecule has 0 aliphatic carbocycles. The number of hydrogen-bond acceptors (Lipinski definition) is 2. The second-order valence-electron chi connectivity index (χ2n) is 3.73. The van der Waals surface area contributed by atoms with Gasteiger partial charge in [0.25, 0.3) is 0 Å². The molecule has 0 saturated heterocycles. The topological polar surface area (TPSA) is 30.2 Å². The molecule has 0 amide bonds. The van der Waals surface area contributed by atoms with Crippen LogP contribution >= 0.6 is 0 Å². The first-order chi connectivity index (χ1) is 8.31. The van der Waals surface area contributed by atoms with Gasteiger partial charge in [0.2, 0.25) is 0 Å². The summed E-state index contributed by atoms with van der Waals surface area (Å²) >= 11 is 0. The van der Waals surface area contributed by atoms with Crippen molar-refractivity contribution in [1.82, 2.24) is 0 Å². The molecule has 0 saturated carbocycles. The van der Waals surface area contributed by atoms with Gasteiger partial charge in [0, 0.05) is 6.42 Å². The Bertz CT molecular complexity index is 518. The molecule has 1 aromatic carbocycles. The first-order valence-electron chi connectivity index (χ1n) is 5.39. The van der Waals surface area contributed by atoms with E-state index >= 15 is 0 Å². The molecule has 0 aliphatic rings. The summed E-state index contributed by atoms with van der Waals surface area (Å²) in [5.41, 5.74) is 0.981. The van der Waals surface area contributed by atoms with E-state index in [1.54, 1.807) is 12.1 Å². The Balaban J connectivity index is 2.12. The Morgan fingerprint density at radius 2 is 2.00 bits per heavy atom. The number of furan rings is 1. The highest BCUT2D eigenvalue weighted by molar-refractivity contribution is 5.94. The molecule has 2 heteroatoms. The van der Waals surface area contributed by atoms with Crippen molar-refractivity contribution in [3.05, 3.63) is 60.1 Å². The van der Waals surface area contributed by atoms with Gasteiger partial charge in [0.05, 0.1) is 12.2 Å². The number of benzene rings is 1. The van der Waals surface area contributed by atoms with Gasteiger partial charge in [-0.2, -0.15) is 0 Å². The van der Waals surface area contributed by atoms with E-state index in [2.05, 4.69) is 5.92 Å². The number of ketones is 1. The average molecular weight is 224 g/mol. The molecular weight excluding hydrogens is 212 g/mol. The lowest BCUT2D eigenvalue weighted by molar-refractivity contribution is 0.0952. The predicted molar refractivity (Wildman–Crippen MR) is 65.7 cm³/mol. The van der Waals surface area contributed by atoms with E-state index in [9.17, 15) is 4.79 Å². The van der Waals surface area contributed by atoms with Gasteiger partial charge in [-0.3, -0.25) is 4.79 Å². The number of Topliss-reactive ketones (excluding diaryl/α,β-unsaturated/α-hetero) is 1. The van der Waals surface area contributed by atoms with Crippen LogP contribution in [0.25, 0.3) is 0 Å². The first-order valence-corrected chi connectivity index (χ1v) is 5.39. The van der Waals surface area contributed by atoms with Crippen LogP contribution in [0.15, 0.2) is 53.1 Å². The molecule has 84 valence electrons. The summed E-state index contributed by atoms with van der Waals surface area (Å²) < 4.78 is 5.06. The van der Waals surface area contributed by atoms with Crippen LogP contribution in [0.3, 0.4) is 0 Å². The third kappa shape index (κ3) is 2.64. The van der Waals surface area contributed by atoms with E-state index < -0.39 is 0 Å². The van der Waals surface area contributed by atoms with Crippen molar-refractivity contribution in [3.8, 4) is 12.3 Å². The summed E-state index contributed by atoms with van der Waals surface area (Å²) in [6.07, 6.45) is 7.23. The highest BCUT2D eigenvalue weighted by atomic mass is 16.3. The molecule has 0 fully saturated rings. The standard InChI is InChI=1S/C15H12O2/c1-2-12(13-7-4-3-5-8-13)11-14(16)15-9-6-10-17-15/h1,3-10,12H,11H2. The lowest BCUT2D eigenvalue weighted by atomic mass is 9.94. The Morgan fingerprint density at radius 1 is 1.24 bits per heavy atom. The summed E-state index contributed by atoms with van der Waals surface area (Å²) in [6.45, 7) is 0. The molecule has 0 aliphatic heterocycles. The fourth-order valence-corrected chi connectivity index (χ4v) is 1.68. The molecule has 17 heavy (non-hydrogen) atoms. The minimum absolute atomic E-state index is 0.0678. The number of terminal acetylenes is 1. The zero-order valence-corrected chi connectivity index (χ0v) is 9.30. The normalized spacial score (nSPS) is 11.7. The van der Waals surface area contributed by atoms with Gasteiger partial charge in [0.1, 0.15) is 0 Å². The van der Waals surface area contributed by atoms with Crippen molar-refractivity contribution < 1.29 is 9.21 Å². The van der Waals surface area contributed by atoms with E-state index in [0.717, 1.165) is 5.56 Å². The van der Waals surface area contributed by atoms with E-state index in [-0.39, 0.29) is 18.1 Å². The van der Waals surface area contributed by atoms with Gasteiger partial charge in [-0.25, -0.2) is 0 Å². The SMILES string of the molecule is C#CC(CC(=O)c1ccco1)c1ccccc1. The van der Waals surface area contributed by atoms with E-state index in [4.69, 9.17) is 10.8 Å². The summed E-state index contributed by atoms with van der Waals surface area (Å²) in [7, 11) is 0. The van der Waals surface area contributed by atoms with Crippen molar-refractivity contribution in [2.75, 3.05) is 0 Å². The van der Waals surface area contributed by atoms with Crippen molar-refractivity contribution in [2.45, 2.75) is 12.3 Å². The van der Waals surface area contributed by atoms with Crippen LogP contribution in [0.4, 0.5) is 0 Å². The monoisotopic (exact) mass is 224 g/mol. The highest BCUT2D eigenvalue weighted by Gasteiger charge is 2.16. The molecule has 1 atom stereocenters. The molecule has 0 bridgehead atoms. The second-order valence-corrected chi connectivity index (χ2v) is 3.73. The number of carbonyl (C=O) groups excluding carboxylic acids is 1. The first kappa shape index (κ1) is 11.2. The second kappa shape index (κ2) is 5.18. The van der Waals surface area contributed by atoms with Crippen LogP contribution < -0.4 is 0 Å². The maximum atomic E-state index is 11.9. The molecule has 0 spiro atoms. The fourth-order valence-electron chi connectivity index (χ4n) is 1.68. The lowest BCUT2D eigenvalue weighted by Crippen LogP contribution is -2.05. The Kier molecular flexibility index (Phi) is 3.42. The third-order valence-corrected chi connectivity index (χ3v) is 2.59. The summed E-state index contributed by atoms with van der Waals surface area (Å²) in [5, 5.41) is 0. The Labute approximate surface area is 100 Å².